The van der Waals surface area contributed by atoms with Gasteiger partial charge in [-0.25, -0.2) is 9.97 Å². The van der Waals surface area contributed by atoms with E-state index in [1.165, 1.54) is 10.9 Å². The Bertz CT molecular complexity index is 557. The molecule has 0 unspecified atom stereocenters. The van der Waals surface area contributed by atoms with E-state index in [2.05, 4.69) is 26.7 Å². The van der Waals surface area contributed by atoms with Gasteiger partial charge in [0.1, 0.15) is 6.33 Å². The molecule has 3 heteroatoms. The molecule has 3 aromatic rings. The van der Waals surface area contributed by atoms with Gasteiger partial charge in [0.05, 0.1) is 22.7 Å². The molecule has 0 aliphatic carbocycles. The quantitative estimate of drug-likeness (QED) is 0.534. The van der Waals surface area contributed by atoms with E-state index in [-0.39, 0.29) is 0 Å². The van der Waals surface area contributed by atoms with E-state index < -0.39 is 0 Å². The molecule has 0 fully saturated rings. The topological polar surface area (TPSA) is 30.7 Å². The van der Waals surface area contributed by atoms with E-state index in [9.17, 15) is 0 Å². The third-order valence-electron chi connectivity index (χ3n) is 2.57. The summed E-state index contributed by atoms with van der Waals surface area (Å²) < 4.78 is 2.12. The van der Waals surface area contributed by atoms with Crippen LogP contribution in [0, 0.1) is 0 Å². The Hall–Kier alpha value is -1.90. The summed E-state index contributed by atoms with van der Waals surface area (Å²) in [6.07, 6.45) is 3.44. The first-order chi connectivity index (χ1) is 6.88. The highest BCUT2D eigenvalue weighted by Gasteiger charge is 2.06. The summed E-state index contributed by atoms with van der Waals surface area (Å²) in [7, 11) is 2.04. The van der Waals surface area contributed by atoms with Crippen molar-refractivity contribution in [1.29, 1.82) is 0 Å². The molecule has 14 heavy (non-hydrogen) atoms. The van der Waals surface area contributed by atoms with Gasteiger partial charge in [-0.3, -0.25) is 0 Å². The lowest BCUT2D eigenvalue weighted by molar-refractivity contribution is 1.00. The van der Waals surface area contributed by atoms with Crippen LogP contribution in [0.15, 0.2) is 36.8 Å². The van der Waals surface area contributed by atoms with Gasteiger partial charge in [0, 0.05) is 12.4 Å². The van der Waals surface area contributed by atoms with Crippen molar-refractivity contribution in [3.05, 3.63) is 36.8 Å². The van der Waals surface area contributed by atoms with Crippen molar-refractivity contribution in [3.8, 4) is 0 Å². The van der Waals surface area contributed by atoms with Gasteiger partial charge in [-0.05, 0) is 6.07 Å². The molecule has 0 atom stereocenters. The van der Waals surface area contributed by atoms with Crippen LogP contribution in [0.25, 0.3) is 21.9 Å². The van der Waals surface area contributed by atoms with Gasteiger partial charge in [-0.15, -0.1) is 0 Å². The van der Waals surface area contributed by atoms with E-state index in [0.29, 0.717) is 0 Å². The summed E-state index contributed by atoms with van der Waals surface area (Å²) in [6.45, 7) is 0. The summed E-state index contributed by atoms with van der Waals surface area (Å²) in [5, 5.41) is 1.19. The summed E-state index contributed by atoms with van der Waals surface area (Å²) in [5.41, 5.74) is 3.30. The number of nitrogens with zero attached hydrogens (tertiary/aromatic N) is 3. The molecule has 1 aromatic carbocycles. The Kier molecular flexibility index (Phi) is 1.36. The van der Waals surface area contributed by atoms with Crippen molar-refractivity contribution in [3.63, 3.8) is 0 Å². The third-order valence-corrected chi connectivity index (χ3v) is 2.57. The zero-order chi connectivity index (χ0) is 9.54. The SMILES string of the molecule is Cn1c2ccccc2c2ncncc21. The fraction of sp³-hybridized carbons (Fsp3) is 0.0909. The van der Waals surface area contributed by atoms with Crippen LogP contribution in [0.5, 0.6) is 0 Å². The molecule has 0 aliphatic rings. The minimum Gasteiger partial charge on any atom is -0.341 e. The van der Waals surface area contributed by atoms with Gasteiger partial charge < -0.3 is 4.57 Å². The second-order valence-electron chi connectivity index (χ2n) is 3.33. The van der Waals surface area contributed by atoms with E-state index in [0.717, 1.165) is 11.0 Å². The van der Waals surface area contributed by atoms with Crippen LogP contribution in [0.4, 0.5) is 0 Å². The number of benzene rings is 1. The fourth-order valence-corrected chi connectivity index (χ4v) is 1.87. The van der Waals surface area contributed by atoms with Crippen molar-refractivity contribution in [2.45, 2.75) is 0 Å². The summed E-state index contributed by atoms with van der Waals surface area (Å²) in [6, 6.07) is 8.25. The minimum atomic E-state index is 1.03. The molecule has 0 spiro atoms. The standard InChI is InChI=1S/C11H9N3/c1-14-9-5-3-2-4-8(9)11-10(14)6-12-7-13-11/h2-7H,1H3. The molecule has 0 radical (unpaired) electrons. The lowest BCUT2D eigenvalue weighted by atomic mass is 10.2. The number of para-hydroxylation sites is 1. The van der Waals surface area contributed by atoms with E-state index in [4.69, 9.17) is 0 Å². The van der Waals surface area contributed by atoms with Gasteiger partial charge in [0.15, 0.2) is 0 Å². The molecule has 0 aliphatic heterocycles. The molecule has 68 valence electrons. The monoisotopic (exact) mass is 183 g/mol. The highest BCUT2D eigenvalue weighted by Crippen LogP contribution is 2.24. The molecule has 3 nitrogen and oxygen atoms in total. The van der Waals surface area contributed by atoms with Gasteiger partial charge in [0.25, 0.3) is 0 Å². The molecular weight excluding hydrogens is 174 g/mol. The lowest BCUT2D eigenvalue weighted by Crippen LogP contribution is -1.86. The van der Waals surface area contributed by atoms with E-state index in [1.807, 2.05) is 25.4 Å². The maximum absolute atomic E-state index is 4.30. The first-order valence-electron chi connectivity index (χ1n) is 4.51. The smallest absolute Gasteiger partial charge is 0.116 e. The minimum absolute atomic E-state index is 1.03. The van der Waals surface area contributed by atoms with Crippen LogP contribution in [0.1, 0.15) is 0 Å². The lowest BCUT2D eigenvalue weighted by Gasteiger charge is -1.94. The Morgan fingerprint density at radius 1 is 1.14 bits per heavy atom. The van der Waals surface area contributed by atoms with Crippen LogP contribution < -0.4 is 0 Å². The van der Waals surface area contributed by atoms with Gasteiger partial charge in [-0.1, -0.05) is 18.2 Å². The first kappa shape index (κ1) is 7.50. The zero-order valence-electron chi connectivity index (χ0n) is 7.81. The highest BCUT2D eigenvalue weighted by atomic mass is 15.0. The van der Waals surface area contributed by atoms with Gasteiger partial charge in [-0.2, -0.15) is 0 Å². The zero-order valence-corrected chi connectivity index (χ0v) is 7.81. The number of hydrogen-bond acceptors (Lipinski definition) is 2. The molecule has 0 N–H and O–H groups in total. The Labute approximate surface area is 81.0 Å². The Balaban J connectivity index is 2.69. The molecule has 0 bridgehead atoms. The predicted octanol–water partition coefficient (Wildman–Crippen LogP) is 2.12. The number of rotatable bonds is 0. The van der Waals surface area contributed by atoms with Crippen molar-refractivity contribution in [2.24, 2.45) is 7.05 Å². The predicted molar refractivity (Wildman–Crippen MR) is 56.0 cm³/mol. The molecule has 0 saturated carbocycles. The largest absolute Gasteiger partial charge is 0.341 e. The molecule has 3 rings (SSSR count). The third kappa shape index (κ3) is 0.812. The molecule has 0 amide bonds. The van der Waals surface area contributed by atoms with E-state index in [1.54, 1.807) is 6.33 Å². The summed E-state index contributed by atoms with van der Waals surface area (Å²) in [4.78, 5) is 8.34. The van der Waals surface area contributed by atoms with Gasteiger partial charge >= 0.3 is 0 Å². The maximum atomic E-state index is 4.30. The second-order valence-corrected chi connectivity index (χ2v) is 3.33. The molecule has 0 saturated heterocycles. The molecule has 2 heterocycles. The van der Waals surface area contributed by atoms with Crippen LogP contribution in [-0.4, -0.2) is 14.5 Å². The second kappa shape index (κ2) is 2.54. The normalized spacial score (nSPS) is 11.2. The van der Waals surface area contributed by atoms with Gasteiger partial charge in [0.2, 0.25) is 0 Å². The summed E-state index contributed by atoms with van der Waals surface area (Å²) >= 11 is 0. The van der Waals surface area contributed by atoms with Crippen LogP contribution in [0.3, 0.4) is 0 Å². The number of fused-ring (bicyclic) bond motifs is 3. The van der Waals surface area contributed by atoms with Crippen LogP contribution >= 0.6 is 0 Å². The van der Waals surface area contributed by atoms with Crippen molar-refractivity contribution >= 4 is 21.9 Å². The first-order valence-corrected chi connectivity index (χ1v) is 4.51. The fourth-order valence-electron chi connectivity index (χ4n) is 1.87. The Morgan fingerprint density at radius 3 is 2.93 bits per heavy atom. The number of aromatic nitrogens is 3. The average molecular weight is 183 g/mol. The van der Waals surface area contributed by atoms with Crippen LogP contribution in [0.2, 0.25) is 0 Å². The Morgan fingerprint density at radius 2 is 2.00 bits per heavy atom. The van der Waals surface area contributed by atoms with E-state index >= 15 is 0 Å². The molecule has 2 aromatic heterocycles. The maximum Gasteiger partial charge on any atom is 0.116 e. The number of aryl methyl sites for hydroxylation is 1. The van der Waals surface area contributed by atoms with Crippen molar-refractivity contribution in [2.75, 3.05) is 0 Å². The van der Waals surface area contributed by atoms with Crippen molar-refractivity contribution < 1.29 is 0 Å². The number of hydrogen-bond donors (Lipinski definition) is 0. The average Bonchev–Trinajstić information content (AvgIpc) is 2.55. The van der Waals surface area contributed by atoms with Crippen molar-refractivity contribution in [1.82, 2.24) is 14.5 Å². The molecular formula is C11H9N3. The van der Waals surface area contributed by atoms with Crippen LogP contribution in [-0.2, 0) is 7.05 Å². The summed E-state index contributed by atoms with van der Waals surface area (Å²) in [5.74, 6) is 0. The highest BCUT2D eigenvalue weighted by molar-refractivity contribution is 6.05.